The van der Waals surface area contributed by atoms with E-state index in [2.05, 4.69) is 20.7 Å². The third-order valence-corrected chi connectivity index (χ3v) is 4.04. The van der Waals surface area contributed by atoms with Crippen molar-refractivity contribution in [1.29, 1.82) is 0 Å². The predicted molar refractivity (Wildman–Crippen MR) is 78.2 cm³/mol. The molecular formula is C14H10BrClF3NO. The fourth-order valence-corrected chi connectivity index (χ4v) is 2.30. The summed E-state index contributed by atoms with van der Waals surface area (Å²) in [5, 5.41) is 0.333. The molecule has 0 radical (unpaired) electrons. The summed E-state index contributed by atoms with van der Waals surface area (Å²) in [4.78, 5) is 0. The van der Waals surface area contributed by atoms with Gasteiger partial charge in [-0.05, 0) is 45.8 Å². The van der Waals surface area contributed by atoms with Gasteiger partial charge in [-0.2, -0.15) is 8.78 Å². The van der Waals surface area contributed by atoms with Gasteiger partial charge in [0.05, 0.1) is 11.1 Å². The first kappa shape index (κ1) is 16.1. The molecule has 0 saturated heterocycles. The van der Waals surface area contributed by atoms with Crippen LogP contribution in [-0.4, -0.2) is 6.61 Å². The average molecular weight is 381 g/mol. The van der Waals surface area contributed by atoms with Crippen LogP contribution < -0.4 is 10.5 Å². The lowest BCUT2D eigenvalue weighted by Crippen LogP contribution is -2.14. The van der Waals surface area contributed by atoms with Crippen LogP contribution in [-0.2, 0) is 0 Å². The molecule has 2 rings (SSSR count). The average Bonchev–Trinajstić information content (AvgIpc) is 2.42. The smallest absolute Gasteiger partial charge is 0.387 e. The molecule has 0 aromatic heterocycles. The molecule has 0 saturated carbocycles. The molecule has 0 aliphatic heterocycles. The van der Waals surface area contributed by atoms with Gasteiger partial charge >= 0.3 is 6.61 Å². The van der Waals surface area contributed by atoms with Crippen molar-refractivity contribution in [1.82, 2.24) is 0 Å². The largest absolute Gasteiger partial charge is 0.435 e. The summed E-state index contributed by atoms with van der Waals surface area (Å²) >= 11 is 9.05. The summed E-state index contributed by atoms with van der Waals surface area (Å²) in [7, 11) is 0. The number of hydrogen-bond donors (Lipinski definition) is 1. The Balaban J connectivity index is 2.27. The van der Waals surface area contributed by atoms with Gasteiger partial charge in [-0.3, -0.25) is 0 Å². The Bertz CT molecular complexity index is 637. The second kappa shape index (κ2) is 6.68. The minimum absolute atomic E-state index is 0.00950. The SMILES string of the molecule is NC(c1ccc(OC(F)F)cc1)c1cc(Cl)c(Br)cc1F. The maximum atomic E-state index is 13.9. The molecule has 7 heteroatoms. The topological polar surface area (TPSA) is 35.2 Å². The van der Waals surface area contributed by atoms with Crippen LogP contribution in [0, 0.1) is 5.82 Å². The molecule has 0 heterocycles. The van der Waals surface area contributed by atoms with Gasteiger partial charge in [0.25, 0.3) is 0 Å². The summed E-state index contributed by atoms with van der Waals surface area (Å²) < 4.78 is 42.7. The molecule has 2 aromatic carbocycles. The number of ether oxygens (including phenoxy) is 1. The highest BCUT2D eigenvalue weighted by Crippen LogP contribution is 2.31. The van der Waals surface area contributed by atoms with Crippen LogP contribution in [0.4, 0.5) is 13.2 Å². The van der Waals surface area contributed by atoms with E-state index in [0.717, 1.165) is 0 Å². The molecule has 112 valence electrons. The zero-order valence-electron chi connectivity index (χ0n) is 10.5. The van der Waals surface area contributed by atoms with Crippen LogP contribution in [0.2, 0.25) is 5.02 Å². The molecule has 0 spiro atoms. The molecule has 2 aromatic rings. The normalized spacial score (nSPS) is 12.5. The predicted octanol–water partition coefficient (Wildman–Crippen LogP) is 4.89. The number of benzene rings is 2. The second-order valence-electron chi connectivity index (χ2n) is 4.21. The Kier molecular flexibility index (Phi) is 5.13. The van der Waals surface area contributed by atoms with Crippen molar-refractivity contribution >= 4 is 27.5 Å². The minimum Gasteiger partial charge on any atom is -0.435 e. The van der Waals surface area contributed by atoms with E-state index >= 15 is 0 Å². The number of hydrogen-bond acceptors (Lipinski definition) is 2. The molecule has 21 heavy (non-hydrogen) atoms. The zero-order chi connectivity index (χ0) is 15.6. The van der Waals surface area contributed by atoms with Gasteiger partial charge in [0.1, 0.15) is 11.6 Å². The molecule has 0 amide bonds. The van der Waals surface area contributed by atoms with Gasteiger partial charge in [0.2, 0.25) is 0 Å². The van der Waals surface area contributed by atoms with E-state index in [4.69, 9.17) is 17.3 Å². The van der Waals surface area contributed by atoms with Gasteiger partial charge in [-0.15, -0.1) is 0 Å². The lowest BCUT2D eigenvalue weighted by molar-refractivity contribution is -0.0498. The second-order valence-corrected chi connectivity index (χ2v) is 5.47. The highest BCUT2D eigenvalue weighted by molar-refractivity contribution is 9.10. The highest BCUT2D eigenvalue weighted by atomic mass is 79.9. The van der Waals surface area contributed by atoms with Gasteiger partial charge in [-0.1, -0.05) is 23.7 Å². The van der Waals surface area contributed by atoms with Gasteiger partial charge in [-0.25, -0.2) is 4.39 Å². The number of halogens is 5. The maximum absolute atomic E-state index is 13.9. The van der Waals surface area contributed by atoms with E-state index < -0.39 is 18.5 Å². The van der Waals surface area contributed by atoms with Crippen molar-refractivity contribution < 1.29 is 17.9 Å². The third kappa shape index (κ3) is 3.90. The number of nitrogens with two attached hydrogens (primary N) is 1. The summed E-state index contributed by atoms with van der Waals surface area (Å²) in [6, 6.07) is 7.58. The van der Waals surface area contributed by atoms with Gasteiger partial charge in [0.15, 0.2) is 0 Å². The van der Waals surface area contributed by atoms with Crippen molar-refractivity contribution in [2.75, 3.05) is 0 Å². The van der Waals surface area contributed by atoms with E-state index in [0.29, 0.717) is 15.1 Å². The van der Waals surface area contributed by atoms with E-state index in [1.807, 2.05) is 0 Å². The van der Waals surface area contributed by atoms with Crippen LogP contribution in [0.1, 0.15) is 17.2 Å². The van der Waals surface area contributed by atoms with E-state index in [1.165, 1.54) is 36.4 Å². The van der Waals surface area contributed by atoms with Crippen molar-refractivity contribution in [3.05, 3.63) is 62.8 Å². The van der Waals surface area contributed by atoms with Crippen molar-refractivity contribution in [3.63, 3.8) is 0 Å². The van der Waals surface area contributed by atoms with Crippen molar-refractivity contribution in [2.45, 2.75) is 12.7 Å². The Morgan fingerprint density at radius 2 is 1.76 bits per heavy atom. The zero-order valence-corrected chi connectivity index (χ0v) is 12.8. The Morgan fingerprint density at radius 3 is 2.33 bits per heavy atom. The fourth-order valence-electron chi connectivity index (χ4n) is 1.81. The van der Waals surface area contributed by atoms with E-state index in [-0.39, 0.29) is 11.3 Å². The minimum atomic E-state index is -2.90. The first-order chi connectivity index (χ1) is 9.88. The first-order valence-corrected chi connectivity index (χ1v) is 7.00. The third-order valence-electron chi connectivity index (χ3n) is 2.84. The van der Waals surface area contributed by atoms with Crippen molar-refractivity contribution in [2.24, 2.45) is 5.73 Å². The number of rotatable bonds is 4. The molecule has 0 aliphatic rings. The Hall–Kier alpha value is -1.24. The summed E-state index contributed by atoms with van der Waals surface area (Å²) in [6.45, 7) is -2.90. The summed E-state index contributed by atoms with van der Waals surface area (Å²) in [6.07, 6.45) is 0. The molecule has 0 fully saturated rings. The van der Waals surface area contributed by atoms with E-state index in [1.54, 1.807) is 0 Å². The first-order valence-electron chi connectivity index (χ1n) is 5.83. The summed E-state index contributed by atoms with van der Waals surface area (Å²) in [5.74, 6) is -0.498. The molecule has 0 bridgehead atoms. The molecule has 1 atom stereocenters. The van der Waals surface area contributed by atoms with Gasteiger partial charge in [0, 0.05) is 10.0 Å². The molecular weight excluding hydrogens is 371 g/mol. The van der Waals surface area contributed by atoms with Crippen LogP contribution in [0.15, 0.2) is 40.9 Å². The lowest BCUT2D eigenvalue weighted by atomic mass is 9.99. The highest BCUT2D eigenvalue weighted by Gasteiger charge is 2.16. The van der Waals surface area contributed by atoms with Crippen LogP contribution in [0.25, 0.3) is 0 Å². The quantitative estimate of drug-likeness (QED) is 0.767. The molecule has 0 aliphatic carbocycles. The molecule has 1 unspecified atom stereocenters. The fraction of sp³-hybridized carbons (Fsp3) is 0.143. The Labute approximate surface area is 132 Å². The standard InChI is InChI=1S/C14H10BrClF3NO/c15-10-6-12(17)9(5-11(10)16)13(20)7-1-3-8(4-2-7)21-14(18)19/h1-6,13-14H,20H2. The Morgan fingerprint density at radius 1 is 1.14 bits per heavy atom. The number of alkyl halides is 2. The van der Waals surface area contributed by atoms with Crippen LogP contribution in [0.5, 0.6) is 5.75 Å². The van der Waals surface area contributed by atoms with Crippen LogP contribution in [0.3, 0.4) is 0 Å². The van der Waals surface area contributed by atoms with Gasteiger partial charge < -0.3 is 10.5 Å². The van der Waals surface area contributed by atoms with Crippen molar-refractivity contribution in [3.8, 4) is 5.75 Å². The van der Waals surface area contributed by atoms with Crippen LogP contribution >= 0.6 is 27.5 Å². The van der Waals surface area contributed by atoms with E-state index in [9.17, 15) is 13.2 Å². The molecule has 2 N–H and O–H groups in total. The maximum Gasteiger partial charge on any atom is 0.387 e. The molecule has 2 nitrogen and oxygen atoms in total. The lowest BCUT2D eigenvalue weighted by Gasteiger charge is -2.15. The summed E-state index contributed by atoms with van der Waals surface area (Å²) in [5.41, 5.74) is 6.75. The monoisotopic (exact) mass is 379 g/mol.